The number of H-pyrrole nitrogens is 1. The van der Waals surface area contributed by atoms with E-state index in [0.29, 0.717) is 25.0 Å². The number of aromatic amines is 1. The molecule has 0 aliphatic rings. The lowest BCUT2D eigenvalue weighted by atomic mass is 10.1. The molecular weight excluding hydrogens is 304 g/mol. The van der Waals surface area contributed by atoms with Crippen molar-refractivity contribution in [3.05, 3.63) is 63.1 Å². The molecular formula is C19H24N2O3. The van der Waals surface area contributed by atoms with Crippen LogP contribution in [0.2, 0.25) is 0 Å². The average molecular weight is 328 g/mol. The SMILES string of the molecule is CCOc1ccc(CCC(=O)NCc2c(C)cc(C)[nH]c2=O)cc1. The van der Waals surface area contributed by atoms with Crippen molar-refractivity contribution in [2.45, 2.75) is 40.2 Å². The Labute approximate surface area is 142 Å². The van der Waals surface area contributed by atoms with Crippen molar-refractivity contribution in [1.82, 2.24) is 10.3 Å². The Morgan fingerprint density at radius 1 is 1.21 bits per heavy atom. The van der Waals surface area contributed by atoms with Crippen LogP contribution in [0.1, 0.15) is 35.7 Å². The van der Waals surface area contributed by atoms with Gasteiger partial charge in [-0.2, -0.15) is 0 Å². The zero-order valence-electron chi connectivity index (χ0n) is 14.4. The minimum atomic E-state index is -0.140. The first kappa shape index (κ1) is 17.8. The van der Waals surface area contributed by atoms with E-state index < -0.39 is 0 Å². The minimum Gasteiger partial charge on any atom is -0.494 e. The first-order valence-corrected chi connectivity index (χ1v) is 8.17. The number of nitrogens with one attached hydrogen (secondary N) is 2. The minimum absolute atomic E-state index is 0.0664. The van der Waals surface area contributed by atoms with E-state index in [0.717, 1.165) is 22.6 Å². The number of ether oxygens (including phenoxy) is 1. The molecule has 1 amide bonds. The lowest BCUT2D eigenvalue weighted by Gasteiger charge is -2.08. The number of carbonyl (C=O) groups is 1. The highest BCUT2D eigenvalue weighted by molar-refractivity contribution is 5.76. The van der Waals surface area contributed by atoms with Crippen molar-refractivity contribution < 1.29 is 9.53 Å². The highest BCUT2D eigenvalue weighted by Gasteiger charge is 2.08. The molecule has 0 saturated carbocycles. The maximum absolute atomic E-state index is 12.0. The van der Waals surface area contributed by atoms with Crippen LogP contribution in [0.3, 0.4) is 0 Å². The van der Waals surface area contributed by atoms with Gasteiger partial charge in [0, 0.05) is 24.2 Å². The van der Waals surface area contributed by atoms with Crippen molar-refractivity contribution in [2.24, 2.45) is 0 Å². The second kappa shape index (κ2) is 8.34. The summed E-state index contributed by atoms with van der Waals surface area (Å²) < 4.78 is 5.39. The maximum Gasteiger partial charge on any atom is 0.253 e. The molecule has 0 radical (unpaired) electrons. The maximum atomic E-state index is 12.0. The number of pyridine rings is 1. The second-order valence-corrected chi connectivity index (χ2v) is 5.80. The van der Waals surface area contributed by atoms with Gasteiger partial charge in [0.1, 0.15) is 5.75 Å². The molecule has 2 N–H and O–H groups in total. The third-order valence-corrected chi connectivity index (χ3v) is 3.83. The number of rotatable bonds is 7. The van der Waals surface area contributed by atoms with Crippen molar-refractivity contribution in [3.8, 4) is 5.75 Å². The number of aromatic nitrogens is 1. The van der Waals surface area contributed by atoms with Crippen LogP contribution in [0.4, 0.5) is 0 Å². The predicted molar refractivity (Wildman–Crippen MR) is 94.3 cm³/mol. The Bertz CT molecular complexity index is 748. The number of carbonyl (C=O) groups excluding carboxylic acids is 1. The summed E-state index contributed by atoms with van der Waals surface area (Å²) in [6.07, 6.45) is 1.04. The fraction of sp³-hybridized carbons (Fsp3) is 0.368. The number of benzene rings is 1. The van der Waals surface area contributed by atoms with Crippen LogP contribution < -0.4 is 15.6 Å². The van der Waals surface area contributed by atoms with Crippen molar-refractivity contribution >= 4 is 5.91 Å². The van der Waals surface area contributed by atoms with Crippen LogP contribution in [0.25, 0.3) is 0 Å². The fourth-order valence-electron chi connectivity index (χ4n) is 2.55. The predicted octanol–water partition coefficient (Wildman–Crippen LogP) is 2.64. The molecule has 5 heteroatoms. The third kappa shape index (κ3) is 4.98. The van der Waals surface area contributed by atoms with E-state index in [2.05, 4.69) is 10.3 Å². The van der Waals surface area contributed by atoms with E-state index in [1.165, 1.54) is 0 Å². The van der Waals surface area contributed by atoms with Crippen LogP contribution >= 0.6 is 0 Å². The molecule has 24 heavy (non-hydrogen) atoms. The van der Waals surface area contributed by atoms with Gasteiger partial charge in [-0.1, -0.05) is 12.1 Å². The average Bonchev–Trinajstić information content (AvgIpc) is 2.53. The van der Waals surface area contributed by atoms with Gasteiger partial charge in [-0.3, -0.25) is 9.59 Å². The van der Waals surface area contributed by atoms with Gasteiger partial charge in [0.2, 0.25) is 5.91 Å². The first-order valence-electron chi connectivity index (χ1n) is 8.17. The largest absolute Gasteiger partial charge is 0.494 e. The van der Waals surface area contributed by atoms with E-state index in [-0.39, 0.29) is 18.0 Å². The van der Waals surface area contributed by atoms with Crippen LogP contribution in [-0.2, 0) is 17.8 Å². The summed E-state index contributed by atoms with van der Waals surface area (Å²) in [4.78, 5) is 26.7. The van der Waals surface area contributed by atoms with Gasteiger partial charge in [-0.15, -0.1) is 0 Å². The van der Waals surface area contributed by atoms with Crippen LogP contribution in [-0.4, -0.2) is 17.5 Å². The van der Waals surface area contributed by atoms with E-state index in [1.54, 1.807) is 0 Å². The molecule has 0 unspecified atom stereocenters. The molecule has 128 valence electrons. The Balaban J connectivity index is 1.84. The summed E-state index contributed by atoms with van der Waals surface area (Å²) in [5, 5.41) is 2.82. The number of hydrogen-bond acceptors (Lipinski definition) is 3. The normalized spacial score (nSPS) is 10.5. The van der Waals surface area contributed by atoms with Gasteiger partial charge in [0.05, 0.1) is 6.61 Å². The van der Waals surface area contributed by atoms with Gasteiger partial charge in [0.15, 0.2) is 0 Å². The quantitative estimate of drug-likeness (QED) is 0.821. The topological polar surface area (TPSA) is 71.2 Å². The van der Waals surface area contributed by atoms with Gasteiger partial charge >= 0.3 is 0 Å². The van der Waals surface area contributed by atoms with E-state index in [1.807, 2.05) is 51.1 Å². The lowest BCUT2D eigenvalue weighted by Crippen LogP contribution is -2.28. The molecule has 1 aromatic carbocycles. The van der Waals surface area contributed by atoms with Crippen molar-refractivity contribution in [2.75, 3.05) is 6.61 Å². The van der Waals surface area contributed by atoms with E-state index >= 15 is 0 Å². The number of aryl methyl sites for hydroxylation is 3. The lowest BCUT2D eigenvalue weighted by molar-refractivity contribution is -0.121. The Morgan fingerprint density at radius 3 is 2.54 bits per heavy atom. The van der Waals surface area contributed by atoms with Gasteiger partial charge in [-0.05, 0) is 56.5 Å². The molecule has 0 saturated heterocycles. The Morgan fingerprint density at radius 2 is 1.92 bits per heavy atom. The molecule has 5 nitrogen and oxygen atoms in total. The third-order valence-electron chi connectivity index (χ3n) is 3.83. The van der Waals surface area contributed by atoms with E-state index in [4.69, 9.17) is 4.74 Å². The Kier molecular flexibility index (Phi) is 6.18. The highest BCUT2D eigenvalue weighted by Crippen LogP contribution is 2.13. The summed E-state index contributed by atoms with van der Waals surface area (Å²) in [5.74, 6) is 0.767. The van der Waals surface area contributed by atoms with Crippen LogP contribution in [0.5, 0.6) is 5.75 Å². The van der Waals surface area contributed by atoms with Crippen molar-refractivity contribution in [3.63, 3.8) is 0 Å². The summed E-state index contributed by atoms with van der Waals surface area (Å²) in [6, 6.07) is 9.65. The molecule has 0 fully saturated rings. The summed E-state index contributed by atoms with van der Waals surface area (Å²) in [5.41, 5.74) is 3.26. The molecule has 2 aromatic rings. The van der Waals surface area contributed by atoms with Gasteiger partial charge in [-0.25, -0.2) is 0 Å². The first-order chi connectivity index (χ1) is 11.5. The highest BCUT2D eigenvalue weighted by atomic mass is 16.5. The number of amides is 1. The molecule has 1 heterocycles. The Hall–Kier alpha value is -2.56. The molecule has 0 bridgehead atoms. The molecule has 0 aliphatic carbocycles. The smallest absolute Gasteiger partial charge is 0.253 e. The summed E-state index contributed by atoms with van der Waals surface area (Å²) >= 11 is 0. The van der Waals surface area contributed by atoms with Crippen molar-refractivity contribution in [1.29, 1.82) is 0 Å². The van der Waals surface area contributed by atoms with Gasteiger partial charge in [0.25, 0.3) is 5.56 Å². The molecule has 0 atom stereocenters. The standard InChI is InChI=1S/C19H24N2O3/c1-4-24-16-8-5-15(6-9-16)7-10-18(22)20-12-17-13(2)11-14(3)21-19(17)23/h5-6,8-9,11H,4,7,10,12H2,1-3H3,(H,20,22)(H,21,23). The molecule has 1 aromatic heterocycles. The second-order valence-electron chi connectivity index (χ2n) is 5.80. The molecule has 0 aliphatic heterocycles. The fourth-order valence-corrected chi connectivity index (χ4v) is 2.55. The van der Waals surface area contributed by atoms with Gasteiger partial charge < -0.3 is 15.0 Å². The van der Waals surface area contributed by atoms with Crippen LogP contribution in [0, 0.1) is 13.8 Å². The number of hydrogen-bond donors (Lipinski definition) is 2. The van der Waals surface area contributed by atoms with Crippen LogP contribution in [0.15, 0.2) is 35.1 Å². The monoisotopic (exact) mass is 328 g/mol. The van der Waals surface area contributed by atoms with E-state index in [9.17, 15) is 9.59 Å². The summed E-state index contributed by atoms with van der Waals surface area (Å²) in [7, 11) is 0. The summed E-state index contributed by atoms with van der Waals surface area (Å²) in [6.45, 7) is 6.55. The molecule has 0 spiro atoms. The zero-order valence-corrected chi connectivity index (χ0v) is 14.4. The zero-order chi connectivity index (χ0) is 17.5. The molecule has 2 rings (SSSR count).